The maximum atomic E-state index is 15.1. The van der Waals surface area contributed by atoms with Crippen molar-refractivity contribution < 1.29 is 67.8 Å². The van der Waals surface area contributed by atoms with Gasteiger partial charge in [0, 0.05) is 30.7 Å². The highest BCUT2D eigenvalue weighted by molar-refractivity contribution is 6.26. The van der Waals surface area contributed by atoms with Crippen LogP contribution in [0.5, 0.6) is 0 Å². The average Bonchev–Trinajstić information content (AvgIpc) is 3.26. The summed E-state index contributed by atoms with van der Waals surface area (Å²) in [6.07, 6.45) is -10.7. The first-order valence-electron chi connectivity index (χ1n) is 20.6. The van der Waals surface area contributed by atoms with Crippen LogP contribution >= 0.6 is 11.6 Å². The Morgan fingerprint density at radius 3 is 2.03 bits per heavy atom. The van der Waals surface area contributed by atoms with Crippen molar-refractivity contribution in [2.75, 3.05) is 12.5 Å². The maximum absolute atomic E-state index is 15.1. The number of ether oxygens (including phenoxy) is 5. The second kappa shape index (κ2) is 17.3. The summed E-state index contributed by atoms with van der Waals surface area (Å²) in [5.41, 5.74) is -7.22. The van der Waals surface area contributed by atoms with Crippen LogP contribution in [0.3, 0.4) is 0 Å². The van der Waals surface area contributed by atoms with E-state index in [2.05, 4.69) is 5.32 Å². The van der Waals surface area contributed by atoms with Crippen LogP contribution < -0.4 is 5.32 Å². The lowest BCUT2D eigenvalue weighted by Gasteiger charge is -2.67. The van der Waals surface area contributed by atoms with Gasteiger partial charge in [-0.25, -0.2) is 9.59 Å². The number of hydrogen-bond donors (Lipinski definition) is 4. The van der Waals surface area contributed by atoms with Crippen LogP contribution in [0.15, 0.2) is 102 Å². The van der Waals surface area contributed by atoms with Crippen LogP contribution in [-0.4, -0.2) is 111 Å². The first-order chi connectivity index (χ1) is 29.8. The molecular formula is C47H50ClNO14. The number of carbonyl (C=O) groups is 6. The number of rotatable bonds is 11. The topological polar surface area (TPSA) is 221 Å². The Bertz CT molecular complexity index is 2310. The Balaban J connectivity index is 1.38. The van der Waals surface area contributed by atoms with Crippen molar-refractivity contribution in [3.8, 4) is 0 Å². The van der Waals surface area contributed by atoms with E-state index in [1.807, 2.05) is 0 Å². The first kappa shape index (κ1) is 45.6. The highest BCUT2D eigenvalue weighted by Gasteiger charge is 2.78. The van der Waals surface area contributed by atoms with Gasteiger partial charge in [0.2, 0.25) is 6.10 Å². The van der Waals surface area contributed by atoms with Crippen LogP contribution in [0.25, 0.3) is 0 Å². The summed E-state index contributed by atoms with van der Waals surface area (Å²) < 4.78 is 30.1. The number of nitrogens with one attached hydrogen (secondary N) is 1. The molecule has 1 saturated heterocycles. The fourth-order valence-corrected chi connectivity index (χ4v) is 10.3. The first-order valence-corrected chi connectivity index (χ1v) is 21.1. The van der Waals surface area contributed by atoms with Gasteiger partial charge in [-0.1, -0.05) is 80.6 Å². The second-order valence-corrected chi connectivity index (χ2v) is 17.6. The predicted octanol–water partition coefficient (Wildman–Crippen LogP) is 3.95. The SMILES string of the molecule is CC(=O)O[C@@]12CO[C@@H]1C[C@H](O)[C@@]1(C)C(=O)[C@H](O)C3=C(C)[C@@H](OC(=O)[C@H](OC(=O)CCl)[C@@H](NC(=O)c4ccccc4)c4ccccc4)C[C@@](O)([C@@H](OC(=O)c4ccccc4)[C@H]21)C3(C)C. The normalized spacial score (nSPS) is 31.5. The van der Waals surface area contributed by atoms with Crippen LogP contribution in [0.2, 0.25) is 0 Å². The summed E-state index contributed by atoms with van der Waals surface area (Å²) in [6, 6.07) is 22.8. The van der Waals surface area contributed by atoms with Crippen molar-refractivity contribution in [2.24, 2.45) is 16.7 Å². The number of halogens is 1. The number of amides is 1. The Hall–Kier alpha value is -5.45. The zero-order valence-electron chi connectivity index (χ0n) is 35.3. The number of benzene rings is 3. The van der Waals surface area contributed by atoms with Gasteiger partial charge in [0.1, 0.15) is 41.9 Å². The summed E-state index contributed by atoms with van der Waals surface area (Å²) in [6.45, 7) is 6.78. The highest BCUT2D eigenvalue weighted by Crippen LogP contribution is 2.64. The smallest absolute Gasteiger partial charge is 0.350 e. The molecule has 2 saturated carbocycles. The zero-order valence-corrected chi connectivity index (χ0v) is 36.1. The van der Waals surface area contributed by atoms with Crippen molar-refractivity contribution in [1.29, 1.82) is 0 Å². The molecule has 0 unspecified atom stereocenters. The third kappa shape index (κ3) is 7.73. The van der Waals surface area contributed by atoms with E-state index in [0.29, 0.717) is 5.56 Å². The van der Waals surface area contributed by atoms with Crippen LogP contribution in [0.4, 0.5) is 0 Å². The number of hydrogen-bond acceptors (Lipinski definition) is 14. The Morgan fingerprint density at radius 2 is 1.48 bits per heavy atom. The van der Waals surface area contributed by atoms with Gasteiger partial charge < -0.3 is 44.3 Å². The number of Topliss-reactive ketones (excluding diaryl/α,β-unsaturated/α-hetero) is 1. The summed E-state index contributed by atoms with van der Waals surface area (Å²) in [7, 11) is 0. The molecule has 1 heterocycles. The minimum absolute atomic E-state index is 0.0625. The summed E-state index contributed by atoms with van der Waals surface area (Å²) >= 11 is 5.88. The molecular weight excluding hydrogens is 838 g/mol. The standard InChI is InChI=1S/C47H50ClNO14/c1-25-30(60-43(57)37(61-33(52)23-48)35(27-15-9-6-10-16-27)49-41(55)28-17-11-7-12-18-28)22-47(58)40(62-42(56)29-19-13-8-14-20-29)38-45(5,39(54)36(53)34(25)44(47,3)4)31(51)21-32-46(38,24-59-32)63-26(2)50/h6-20,30-32,35-38,40,51,53,58H,21-24H2,1-5H3,(H,49,55)/t30-,31-,32+,35-,36+,37+,38-,40-,45+,46-,47+/m0/s1. The summed E-state index contributed by atoms with van der Waals surface area (Å²) in [4.78, 5) is 83.6. The molecule has 0 spiro atoms. The van der Waals surface area contributed by atoms with Crippen molar-refractivity contribution >= 4 is 47.2 Å². The van der Waals surface area contributed by atoms with Crippen LogP contribution in [0, 0.1) is 16.7 Å². The zero-order chi connectivity index (χ0) is 45.6. The molecule has 4 aliphatic rings. The number of aliphatic hydroxyl groups excluding tert-OH is 2. The van der Waals surface area contributed by atoms with Crippen LogP contribution in [0.1, 0.15) is 79.8 Å². The van der Waals surface area contributed by atoms with E-state index >= 15 is 4.79 Å². The van der Waals surface area contributed by atoms with E-state index in [-0.39, 0.29) is 35.3 Å². The molecule has 0 aromatic heterocycles. The molecule has 2 bridgehead atoms. The number of esters is 4. The van der Waals surface area contributed by atoms with Crippen molar-refractivity contribution in [3.63, 3.8) is 0 Å². The van der Waals surface area contributed by atoms with Gasteiger partial charge in [-0.3, -0.25) is 19.2 Å². The fraction of sp³-hybridized carbons (Fsp3) is 0.447. The second-order valence-electron chi connectivity index (χ2n) is 17.4. The minimum Gasteiger partial charge on any atom is -0.455 e. The summed E-state index contributed by atoms with van der Waals surface area (Å²) in [5.74, 6) is -7.76. The molecule has 0 radical (unpaired) electrons. The lowest BCUT2D eigenvalue weighted by Crippen LogP contribution is -2.81. The van der Waals surface area contributed by atoms with Crippen molar-refractivity contribution in [1.82, 2.24) is 5.32 Å². The van der Waals surface area contributed by atoms with Crippen LogP contribution in [-0.2, 0) is 42.9 Å². The van der Waals surface area contributed by atoms with Crippen molar-refractivity contribution in [2.45, 2.75) is 101 Å². The quantitative estimate of drug-likeness (QED) is 0.0928. The molecule has 63 heavy (non-hydrogen) atoms. The molecule has 3 aliphatic carbocycles. The molecule has 7 rings (SSSR count). The molecule has 15 nitrogen and oxygen atoms in total. The minimum atomic E-state index is -2.40. The third-order valence-corrected chi connectivity index (χ3v) is 13.8. The lowest BCUT2D eigenvalue weighted by molar-refractivity contribution is -0.346. The molecule has 3 aromatic carbocycles. The number of carbonyl (C=O) groups excluding carboxylic acids is 6. The van der Waals surface area contributed by atoms with E-state index in [1.54, 1.807) is 78.9 Å². The van der Waals surface area contributed by atoms with Gasteiger partial charge in [-0.05, 0) is 54.8 Å². The molecule has 16 heteroatoms. The Labute approximate surface area is 368 Å². The monoisotopic (exact) mass is 887 g/mol. The van der Waals surface area contributed by atoms with Gasteiger partial charge in [0.25, 0.3) is 5.91 Å². The predicted molar refractivity (Wildman–Crippen MR) is 223 cm³/mol. The summed E-state index contributed by atoms with van der Waals surface area (Å²) in [5, 5.41) is 40.6. The number of aliphatic hydroxyl groups is 3. The largest absolute Gasteiger partial charge is 0.455 e. The molecule has 1 aliphatic heterocycles. The third-order valence-electron chi connectivity index (χ3n) is 13.6. The van der Waals surface area contributed by atoms with E-state index in [9.17, 15) is 39.3 Å². The van der Waals surface area contributed by atoms with E-state index in [4.69, 9.17) is 35.3 Å². The average molecular weight is 888 g/mol. The lowest BCUT2D eigenvalue weighted by atomic mass is 9.44. The van der Waals surface area contributed by atoms with Gasteiger partial charge in [0.05, 0.1) is 29.6 Å². The van der Waals surface area contributed by atoms with E-state index < -0.39 is 118 Å². The number of ketones is 1. The number of alkyl halides is 1. The van der Waals surface area contributed by atoms with E-state index in [1.165, 1.54) is 39.8 Å². The molecule has 11 atom stereocenters. The van der Waals surface area contributed by atoms with Gasteiger partial charge in [-0.15, -0.1) is 11.6 Å². The van der Waals surface area contributed by atoms with E-state index in [0.717, 1.165) is 6.92 Å². The maximum Gasteiger partial charge on any atom is 0.350 e. The van der Waals surface area contributed by atoms with Gasteiger partial charge in [0.15, 0.2) is 11.4 Å². The van der Waals surface area contributed by atoms with Crippen molar-refractivity contribution in [3.05, 3.63) is 119 Å². The molecule has 3 aromatic rings. The fourth-order valence-electron chi connectivity index (χ4n) is 10.2. The molecule has 334 valence electrons. The Kier molecular flexibility index (Phi) is 12.5. The number of fused-ring (bicyclic) bond motifs is 5. The van der Waals surface area contributed by atoms with Gasteiger partial charge in [-0.2, -0.15) is 0 Å². The Morgan fingerprint density at radius 1 is 0.889 bits per heavy atom. The molecule has 3 fully saturated rings. The highest BCUT2D eigenvalue weighted by atomic mass is 35.5. The molecule has 1 amide bonds. The van der Waals surface area contributed by atoms with Gasteiger partial charge >= 0.3 is 23.9 Å². The molecule has 4 N–H and O–H groups in total.